The van der Waals surface area contributed by atoms with Crippen molar-refractivity contribution in [2.75, 3.05) is 0 Å². The van der Waals surface area contributed by atoms with E-state index in [0.29, 0.717) is 12.0 Å². The maximum Gasteiger partial charge on any atom is 0.132 e. The third-order valence-corrected chi connectivity index (χ3v) is 4.83. The molecule has 2 saturated carbocycles. The minimum Gasteiger partial charge on any atom is -0.344 e. The normalized spacial score (nSPS) is 21.1. The average molecular weight is 257 g/mol. The summed E-state index contributed by atoms with van der Waals surface area (Å²) in [6.45, 7) is 0. The van der Waals surface area contributed by atoms with Gasteiger partial charge in [-0.3, -0.25) is 0 Å². The van der Waals surface area contributed by atoms with Gasteiger partial charge in [-0.05, 0) is 55.4 Å². The van der Waals surface area contributed by atoms with Crippen molar-refractivity contribution in [3.05, 3.63) is 35.8 Å². The Morgan fingerprint density at radius 3 is 2.53 bits per heavy atom. The Labute approximate surface area is 113 Å². The van der Waals surface area contributed by atoms with Crippen LogP contribution in [0.3, 0.4) is 0 Å². The molecule has 2 aliphatic carbocycles. The number of hydrogen-bond acceptors (Lipinski definition) is 0. The molecule has 19 heavy (non-hydrogen) atoms. The number of halogens is 1. The van der Waals surface area contributed by atoms with E-state index in [2.05, 4.69) is 16.8 Å². The van der Waals surface area contributed by atoms with Crippen molar-refractivity contribution >= 4 is 10.9 Å². The highest BCUT2D eigenvalue weighted by atomic mass is 19.1. The Hall–Kier alpha value is -1.31. The Balaban J connectivity index is 1.81. The van der Waals surface area contributed by atoms with E-state index < -0.39 is 0 Å². The molecule has 2 aliphatic rings. The second-order valence-corrected chi connectivity index (χ2v) is 6.22. The van der Waals surface area contributed by atoms with Crippen molar-refractivity contribution in [1.29, 1.82) is 0 Å². The van der Waals surface area contributed by atoms with E-state index in [4.69, 9.17) is 0 Å². The minimum atomic E-state index is -0.0334. The molecule has 0 saturated heterocycles. The second kappa shape index (κ2) is 4.36. The zero-order chi connectivity index (χ0) is 12.8. The summed E-state index contributed by atoms with van der Waals surface area (Å²) in [6.07, 6.45) is 11.0. The molecular weight excluding hydrogens is 237 g/mol. The first-order chi connectivity index (χ1) is 9.33. The van der Waals surface area contributed by atoms with Gasteiger partial charge in [0, 0.05) is 17.6 Å². The van der Waals surface area contributed by atoms with Gasteiger partial charge in [-0.25, -0.2) is 4.39 Å². The van der Waals surface area contributed by atoms with Crippen LogP contribution in [-0.2, 0) is 0 Å². The molecule has 100 valence electrons. The molecule has 2 aromatic rings. The van der Waals surface area contributed by atoms with E-state index in [1.807, 2.05) is 6.07 Å². The predicted octanol–water partition coefficient (Wildman–Crippen LogP) is 5.16. The van der Waals surface area contributed by atoms with Crippen LogP contribution >= 0.6 is 0 Å². The molecule has 0 radical (unpaired) electrons. The number of fused-ring (bicyclic) bond motifs is 1. The molecule has 4 rings (SSSR count). The molecule has 1 aromatic heterocycles. The van der Waals surface area contributed by atoms with E-state index in [9.17, 15) is 4.39 Å². The van der Waals surface area contributed by atoms with Gasteiger partial charge in [0.25, 0.3) is 0 Å². The van der Waals surface area contributed by atoms with Gasteiger partial charge in [0.2, 0.25) is 0 Å². The van der Waals surface area contributed by atoms with Crippen LogP contribution in [0.5, 0.6) is 0 Å². The zero-order valence-electron chi connectivity index (χ0n) is 11.2. The molecule has 0 N–H and O–H groups in total. The molecule has 0 unspecified atom stereocenters. The van der Waals surface area contributed by atoms with Gasteiger partial charge in [-0.15, -0.1) is 0 Å². The monoisotopic (exact) mass is 257 g/mol. The van der Waals surface area contributed by atoms with Crippen molar-refractivity contribution in [1.82, 2.24) is 4.57 Å². The lowest BCUT2D eigenvalue weighted by atomic mass is 9.95. The summed E-state index contributed by atoms with van der Waals surface area (Å²) in [5.41, 5.74) is 2.33. The Morgan fingerprint density at radius 1 is 1.00 bits per heavy atom. The van der Waals surface area contributed by atoms with Crippen LogP contribution in [-0.4, -0.2) is 4.57 Å². The summed E-state index contributed by atoms with van der Waals surface area (Å²) in [5, 5.41) is 0.801. The number of hydrogen-bond donors (Lipinski definition) is 0. The molecule has 0 aliphatic heterocycles. The number of rotatable bonds is 2. The van der Waals surface area contributed by atoms with Crippen molar-refractivity contribution in [2.45, 2.75) is 56.9 Å². The highest BCUT2D eigenvalue weighted by Gasteiger charge is 2.26. The lowest BCUT2D eigenvalue weighted by molar-refractivity contribution is 0.361. The van der Waals surface area contributed by atoms with Crippen LogP contribution in [0.4, 0.5) is 4.39 Å². The predicted molar refractivity (Wildman–Crippen MR) is 76.0 cm³/mol. The maximum atomic E-state index is 14.2. The Bertz CT molecular complexity index is 603. The fraction of sp³-hybridized carbons (Fsp3) is 0.529. The number of nitrogens with zero attached hydrogens (tertiary/aromatic N) is 1. The van der Waals surface area contributed by atoms with Crippen LogP contribution < -0.4 is 0 Å². The molecule has 2 heteroatoms. The van der Waals surface area contributed by atoms with E-state index in [0.717, 1.165) is 10.9 Å². The Kier molecular flexibility index (Phi) is 2.64. The summed E-state index contributed by atoms with van der Waals surface area (Å²) >= 11 is 0. The van der Waals surface area contributed by atoms with E-state index >= 15 is 0 Å². The molecule has 1 nitrogen and oxygen atoms in total. The summed E-state index contributed by atoms with van der Waals surface area (Å²) in [6, 6.07) is 6.53. The first-order valence-corrected chi connectivity index (χ1v) is 7.63. The highest BCUT2D eigenvalue weighted by Crippen LogP contribution is 2.42. The lowest BCUT2D eigenvalue weighted by Gasteiger charge is -2.24. The summed E-state index contributed by atoms with van der Waals surface area (Å²) in [4.78, 5) is 0. The molecule has 2 fully saturated rings. The SMILES string of the molecule is Fc1cc(C2CC2)cc2c1ccn2C1CCCCC1. The van der Waals surface area contributed by atoms with E-state index in [1.165, 1.54) is 50.5 Å². The Morgan fingerprint density at radius 2 is 1.79 bits per heavy atom. The summed E-state index contributed by atoms with van der Waals surface area (Å²) in [5.74, 6) is 0.586. The average Bonchev–Trinajstić information content (AvgIpc) is 3.20. The van der Waals surface area contributed by atoms with Crippen LogP contribution in [0.2, 0.25) is 0 Å². The van der Waals surface area contributed by atoms with Crippen molar-refractivity contribution in [2.24, 2.45) is 0 Å². The third-order valence-electron chi connectivity index (χ3n) is 4.83. The first kappa shape index (κ1) is 11.5. The number of aromatic nitrogens is 1. The molecular formula is C17H20FN. The van der Waals surface area contributed by atoms with Crippen LogP contribution in [0.15, 0.2) is 24.4 Å². The van der Waals surface area contributed by atoms with Crippen molar-refractivity contribution < 1.29 is 4.39 Å². The van der Waals surface area contributed by atoms with E-state index in [1.54, 1.807) is 6.07 Å². The van der Waals surface area contributed by atoms with Gasteiger partial charge in [0.1, 0.15) is 5.82 Å². The molecule has 0 atom stereocenters. The first-order valence-electron chi connectivity index (χ1n) is 7.63. The second-order valence-electron chi connectivity index (χ2n) is 6.22. The number of benzene rings is 1. The molecule has 1 aromatic carbocycles. The van der Waals surface area contributed by atoms with Gasteiger partial charge in [0.15, 0.2) is 0 Å². The molecule has 1 heterocycles. The van der Waals surface area contributed by atoms with Gasteiger partial charge in [-0.1, -0.05) is 19.3 Å². The molecule has 0 bridgehead atoms. The van der Waals surface area contributed by atoms with Crippen LogP contribution in [0.25, 0.3) is 10.9 Å². The standard InChI is InChI=1S/C17H20FN/c18-16-10-13(12-6-7-12)11-17-15(16)8-9-19(17)14-4-2-1-3-5-14/h8-12,14H,1-7H2. The van der Waals surface area contributed by atoms with E-state index in [-0.39, 0.29) is 5.82 Å². The van der Waals surface area contributed by atoms with Gasteiger partial charge >= 0.3 is 0 Å². The van der Waals surface area contributed by atoms with Crippen LogP contribution in [0.1, 0.15) is 62.5 Å². The van der Waals surface area contributed by atoms with Crippen LogP contribution in [0, 0.1) is 5.82 Å². The minimum absolute atomic E-state index is 0.0334. The summed E-state index contributed by atoms with van der Waals surface area (Å²) in [7, 11) is 0. The largest absolute Gasteiger partial charge is 0.344 e. The molecule has 0 spiro atoms. The highest BCUT2D eigenvalue weighted by molar-refractivity contribution is 5.82. The third kappa shape index (κ3) is 1.98. The molecule has 0 amide bonds. The lowest BCUT2D eigenvalue weighted by Crippen LogP contribution is -2.11. The summed E-state index contributed by atoms with van der Waals surface area (Å²) < 4.78 is 16.5. The van der Waals surface area contributed by atoms with Gasteiger partial charge in [-0.2, -0.15) is 0 Å². The smallest absolute Gasteiger partial charge is 0.132 e. The fourth-order valence-electron chi connectivity index (χ4n) is 3.57. The van der Waals surface area contributed by atoms with Crippen molar-refractivity contribution in [3.8, 4) is 0 Å². The van der Waals surface area contributed by atoms with Gasteiger partial charge < -0.3 is 4.57 Å². The van der Waals surface area contributed by atoms with Gasteiger partial charge in [0.05, 0.1) is 5.52 Å². The topological polar surface area (TPSA) is 4.93 Å². The zero-order valence-corrected chi connectivity index (χ0v) is 11.2. The quantitative estimate of drug-likeness (QED) is 0.700. The maximum absolute atomic E-state index is 14.2. The fourth-order valence-corrected chi connectivity index (χ4v) is 3.57. The van der Waals surface area contributed by atoms with Crippen molar-refractivity contribution in [3.63, 3.8) is 0 Å².